The zero-order valence-corrected chi connectivity index (χ0v) is 12.7. The maximum Gasteiger partial charge on any atom is 0.239 e. The molecular weight excluding hydrogens is 288 g/mol. The largest absolute Gasteiger partial charge is 0.361 e. The fourth-order valence-electron chi connectivity index (χ4n) is 1.79. The highest BCUT2D eigenvalue weighted by Crippen LogP contribution is 2.19. The highest BCUT2D eigenvalue weighted by Gasteiger charge is 2.08. The fourth-order valence-corrected chi connectivity index (χ4v) is 2.00. The Kier molecular flexibility index (Phi) is 5.11. The van der Waals surface area contributed by atoms with Crippen LogP contribution in [0, 0.1) is 13.8 Å². The lowest BCUT2D eigenvalue weighted by atomic mass is 10.2. The SMILES string of the molecule is Cc1nc(Cl)c(C)c(NCC(=O)NCc2ccccc2)n1. The number of carbonyl (C=O) groups is 1. The van der Waals surface area contributed by atoms with Crippen LogP contribution in [0.3, 0.4) is 0 Å². The lowest BCUT2D eigenvalue weighted by Gasteiger charge is -2.10. The highest BCUT2D eigenvalue weighted by atomic mass is 35.5. The molecule has 0 aliphatic carbocycles. The van der Waals surface area contributed by atoms with E-state index in [-0.39, 0.29) is 12.5 Å². The Bertz CT molecular complexity index is 631. The van der Waals surface area contributed by atoms with Crippen LogP contribution in [0.15, 0.2) is 30.3 Å². The number of hydrogen-bond donors (Lipinski definition) is 2. The summed E-state index contributed by atoms with van der Waals surface area (Å²) in [5, 5.41) is 6.22. The topological polar surface area (TPSA) is 66.9 Å². The van der Waals surface area contributed by atoms with Gasteiger partial charge in [0.2, 0.25) is 5.91 Å². The lowest BCUT2D eigenvalue weighted by Crippen LogP contribution is -2.29. The minimum atomic E-state index is -0.106. The molecule has 0 aliphatic rings. The van der Waals surface area contributed by atoms with Crippen LogP contribution in [0.4, 0.5) is 5.82 Å². The number of nitrogens with one attached hydrogen (secondary N) is 2. The first-order chi connectivity index (χ1) is 10.1. The molecule has 0 aliphatic heterocycles. The van der Waals surface area contributed by atoms with Crippen LogP contribution >= 0.6 is 11.6 Å². The zero-order chi connectivity index (χ0) is 15.2. The zero-order valence-electron chi connectivity index (χ0n) is 12.0. The van der Waals surface area contributed by atoms with Crippen molar-refractivity contribution in [2.45, 2.75) is 20.4 Å². The summed E-state index contributed by atoms with van der Waals surface area (Å²) in [4.78, 5) is 20.1. The predicted molar refractivity (Wildman–Crippen MR) is 83.3 cm³/mol. The van der Waals surface area contributed by atoms with Crippen molar-refractivity contribution in [1.82, 2.24) is 15.3 Å². The van der Waals surface area contributed by atoms with E-state index in [1.54, 1.807) is 6.92 Å². The molecule has 6 heteroatoms. The molecule has 0 fully saturated rings. The molecule has 0 atom stereocenters. The number of aromatic nitrogens is 2. The van der Waals surface area contributed by atoms with E-state index in [0.29, 0.717) is 23.3 Å². The molecule has 1 amide bonds. The van der Waals surface area contributed by atoms with Crippen LogP contribution < -0.4 is 10.6 Å². The van der Waals surface area contributed by atoms with Crippen LogP contribution in [-0.2, 0) is 11.3 Å². The van der Waals surface area contributed by atoms with E-state index in [1.807, 2.05) is 37.3 Å². The molecule has 2 rings (SSSR count). The van der Waals surface area contributed by atoms with Gasteiger partial charge in [0.1, 0.15) is 16.8 Å². The second kappa shape index (κ2) is 7.04. The number of benzene rings is 1. The first-order valence-electron chi connectivity index (χ1n) is 6.61. The molecule has 0 radical (unpaired) electrons. The van der Waals surface area contributed by atoms with E-state index in [1.165, 1.54) is 0 Å². The van der Waals surface area contributed by atoms with Gasteiger partial charge in [-0.2, -0.15) is 0 Å². The molecule has 0 saturated carbocycles. The van der Waals surface area contributed by atoms with Gasteiger partial charge in [-0.25, -0.2) is 9.97 Å². The van der Waals surface area contributed by atoms with E-state index in [9.17, 15) is 4.79 Å². The predicted octanol–water partition coefficient (Wildman–Crippen LogP) is 2.48. The minimum Gasteiger partial charge on any atom is -0.361 e. The first-order valence-corrected chi connectivity index (χ1v) is 6.99. The van der Waals surface area contributed by atoms with Crippen molar-refractivity contribution in [2.24, 2.45) is 0 Å². The van der Waals surface area contributed by atoms with Crippen molar-refractivity contribution < 1.29 is 4.79 Å². The Labute approximate surface area is 128 Å². The molecule has 1 aromatic carbocycles. The summed E-state index contributed by atoms with van der Waals surface area (Å²) in [5.41, 5.74) is 1.79. The molecule has 5 nitrogen and oxygen atoms in total. The molecule has 2 N–H and O–H groups in total. The second-order valence-corrected chi connectivity index (χ2v) is 5.01. The van der Waals surface area contributed by atoms with Crippen molar-refractivity contribution in [3.8, 4) is 0 Å². The maximum atomic E-state index is 11.8. The van der Waals surface area contributed by atoms with Crippen molar-refractivity contribution in [2.75, 3.05) is 11.9 Å². The van der Waals surface area contributed by atoms with E-state index < -0.39 is 0 Å². The summed E-state index contributed by atoms with van der Waals surface area (Å²) in [5.74, 6) is 1.05. The van der Waals surface area contributed by atoms with Crippen molar-refractivity contribution in [3.63, 3.8) is 0 Å². The monoisotopic (exact) mass is 304 g/mol. The van der Waals surface area contributed by atoms with Gasteiger partial charge in [-0.1, -0.05) is 41.9 Å². The summed E-state index contributed by atoms with van der Waals surface area (Å²) >= 11 is 5.98. The van der Waals surface area contributed by atoms with Crippen LogP contribution in [0.25, 0.3) is 0 Å². The Morgan fingerprint density at radius 1 is 1.19 bits per heavy atom. The number of halogens is 1. The third-order valence-corrected chi connectivity index (χ3v) is 3.32. The number of amides is 1. The van der Waals surface area contributed by atoms with Crippen LogP contribution in [0.5, 0.6) is 0 Å². The number of hydrogen-bond acceptors (Lipinski definition) is 4. The summed E-state index contributed by atoms with van der Waals surface area (Å²) in [7, 11) is 0. The van der Waals surface area contributed by atoms with Gasteiger partial charge in [-0.3, -0.25) is 4.79 Å². The van der Waals surface area contributed by atoms with Gasteiger partial charge in [0.05, 0.1) is 6.54 Å². The fraction of sp³-hybridized carbons (Fsp3) is 0.267. The molecule has 0 unspecified atom stereocenters. The molecule has 1 heterocycles. The molecule has 2 aromatic rings. The Morgan fingerprint density at radius 2 is 1.90 bits per heavy atom. The van der Waals surface area contributed by atoms with E-state index >= 15 is 0 Å². The highest BCUT2D eigenvalue weighted by molar-refractivity contribution is 6.30. The third-order valence-electron chi connectivity index (χ3n) is 2.95. The van der Waals surface area contributed by atoms with Crippen LogP contribution in [0.2, 0.25) is 5.15 Å². The Morgan fingerprint density at radius 3 is 2.62 bits per heavy atom. The molecule has 0 spiro atoms. The van der Waals surface area contributed by atoms with Crippen molar-refractivity contribution >= 4 is 23.3 Å². The standard InChI is InChI=1S/C15H17ClN4O/c1-10-14(16)19-11(2)20-15(10)18-9-13(21)17-8-12-6-4-3-5-7-12/h3-7H,8-9H2,1-2H3,(H,17,21)(H,18,19,20). The first kappa shape index (κ1) is 15.3. The minimum absolute atomic E-state index is 0.106. The molecule has 1 aromatic heterocycles. The summed E-state index contributed by atoms with van der Waals surface area (Å²) < 4.78 is 0. The number of aryl methyl sites for hydroxylation is 1. The molecular formula is C15H17ClN4O. The average molecular weight is 305 g/mol. The van der Waals surface area contributed by atoms with Crippen molar-refractivity contribution in [1.29, 1.82) is 0 Å². The second-order valence-electron chi connectivity index (χ2n) is 4.65. The van der Waals surface area contributed by atoms with Crippen LogP contribution in [-0.4, -0.2) is 22.4 Å². The molecule has 21 heavy (non-hydrogen) atoms. The summed E-state index contributed by atoms with van der Waals surface area (Å²) in [6.07, 6.45) is 0. The smallest absolute Gasteiger partial charge is 0.239 e. The van der Waals surface area contributed by atoms with Gasteiger partial charge in [-0.15, -0.1) is 0 Å². The number of nitrogens with zero attached hydrogens (tertiary/aromatic N) is 2. The summed E-state index contributed by atoms with van der Waals surface area (Å²) in [6.45, 7) is 4.21. The number of anilines is 1. The van der Waals surface area contributed by atoms with Gasteiger partial charge in [0.25, 0.3) is 0 Å². The Hall–Kier alpha value is -2.14. The van der Waals surface area contributed by atoms with Gasteiger partial charge in [-0.05, 0) is 19.4 Å². The number of rotatable bonds is 5. The maximum absolute atomic E-state index is 11.8. The molecule has 0 saturated heterocycles. The van der Waals surface area contributed by atoms with Crippen molar-refractivity contribution in [3.05, 3.63) is 52.4 Å². The summed E-state index contributed by atoms with van der Waals surface area (Å²) in [6, 6.07) is 9.75. The van der Waals surface area contributed by atoms with Gasteiger partial charge in [0, 0.05) is 12.1 Å². The van der Waals surface area contributed by atoms with E-state index in [2.05, 4.69) is 20.6 Å². The third kappa shape index (κ3) is 4.43. The van der Waals surface area contributed by atoms with Gasteiger partial charge >= 0.3 is 0 Å². The van der Waals surface area contributed by atoms with E-state index in [4.69, 9.17) is 11.6 Å². The lowest BCUT2D eigenvalue weighted by molar-refractivity contribution is -0.119. The average Bonchev–Trinajstić information content (AvgIpc) is 2.48. The van der Waals surface area contributed by atoms with E-state index in [0.717, 1.165) is 11.1 Å². The van der Waals surface area contributed by atoms with Crippen LogP contribution in [0.1, 0.15) is 17.0 Å². The quantitative estimate of drug-likeness (QED) is 0.833. The molecule has 110 valence electrons. The van der Waals surface area contributed by atoms with Gasteiger partial charge < -0.3 is 10.6 Å². The van der Waals surface area contributed by atoms with Gasteiger partial charge in [0.15, 0.2) is 0 Å². The molecule has 0 bridgehead atoms. The number of carbonyl (C=O) groups excluding carboxylic acids is 1. The Balaban J connectivity index is 1.87. The normalized spacial score (nSPS) is 10.2.